The summed E-state index contributed by atoms with van der Waals surface area (Å²) in [5.41, 5.74) is 9.98. The minimum atomic E-state index is 0.639. The van der Waals surface area contributed by atoms with Crippen LogP contribution >= 0.6 is 0 Å². The maximum Gasteiger partial charge on any atom is 0.227 e. The first-order chi connectivity index (χ1) is 24.3. The van der Waals surface area contributed by atoms with Crippen molar-refractivity contribution in [3.8, 4) is 44.8 Å². The second kappa shape index (κ2) is 11.0. The summed E-state index contributed by atoms with van der Waals surface area (Å²) in [5.74, 6) is 0.639. The van der Waals surface area contributed by atoms with Crippen molar-refractivity contribution >= 4 is 54.2 Å². The fourth-order valence-corrected chi connectivity index (χ4v) is 7.62. The summed E-state index contributed by atoms with van der Waals surface area (Å²) >= 11 is 0. The molecule has 0 N–H and O–H groups in total. The molecule has 2 nitrogen and oxygen atoms in total. The van der Waals surface area contributed by atoms with Gasteiger partial charge < -0.3 is 4.42 Å². The summed E-state index contributed by atoms with van der Waals surface area (Å²) < 4.78 is 6.56. The minimum Gasteiger partial charge on any atom is -0.435 e. The first kappa shape index (κ1) is 27.6. The second-order valence-corrected chi connectivity index (χ2v) is 12.7. The Hall–Kier alpha value is -6.51. The van der Waals surface area contributed by atoms with Crippen LogP contribution in [0.3, 0.4) is 0 Å². The van der Waals surface area contributed by atoms with Crippen LogP contribution in [-0.2, 0) is 0 Å². The number of hydrogen-bond acceptors (Lipinski definition) is 2. The van der Waals surface area contributed by atoms with Gasteiger partial charge in [-0.3, -0.25) is 0 Å². The summed E-state index contributed by atoms with van der Waals surface area (Å²) in [4.78, 5) is 4.90. The fourth-order valence-electron chi connectivity index (χ4n) is 7.62. The van der Waals surface area contributed by atoms with Crippen LogP contribution in [0.4, 0.5) is 0 Å². The minimum absolute atomic E-state index is 0.639. The summed E-state index contributed by atoms with van der Waals surface area (Å²) in [6.07, 6.45) is 0. The van der Waals surface area contributed by atoms with Crippen molar-refractivity contribution < 1.29 is 4.42 Å². The van der Waals surface area contributed by atoms with Gasteiger partial charge in [-0.15, -0.1) is 0 Å². The van der Waals surface area contributed by atoms with Crippen molar-refractivity contribution in [2.45, 2.75) is 0 Å². The normalized spacial score (nSPS) is 11.7. The van der Waals surface area contributed by atoms with Gasteiger partial charge in [-0.05, 0) is 101 Å². The molecule has 0 bridgehead atoms. The number of fused-ring (bicyclic) bond motifs is 7. The van der Waals surface area contributed by atoms with Gasteiger partial charge in [0.2, 0.25) is 5.89 Å². The van der Waals surface area contributed by atoms with Gasteiger partial charge in [-0.1, -0.05) is 146 Å². The van der Waals surface area contributed by atoms with Crippen LogP contribution in [0.25, 0.3) is 99.0 Å². The van der Waals surface area contributed by atoms with Gasteiger partial charge in [0.1, 0.15) is 5.52 Å². The largest absolute Gasteiger partial charge is 0.435 e. The molecule has 1 heterocycles. The van der Waals surface area contributed by atoms with Gasteiger partial charge in [-0.25, -0.2) is 4.98 Å². The van der Waals surface area contributed by atoms with Crippen molar-refractivity contribution in [3.05, 3.63) is 176 Å². The Morgan fingerprint density at radius 1 is 0.347 bits per heavy atom. The average Bonchev–Trinajstić information content (AvgIpc) is 3.62. The van der Waals surface area contributed by atoms with E-state index in [2.05, 4.69) is 146 Å². The number of rotatable bonds is 4. The molecule has 0 aliphatic carbocycles. The Morgan fingerprint density at radius 2 is 0.857 bits per heavy atom. The van der Waals surface area contributed by atoms with E-state index in [1.807, 2.05) is 30.3 Å². The predicted octanol–water partition coefficient (Wildman–Crippen LogP) is 13.1. The van der Waals surface area contributed by atoms with Gasteiger partial charge in [0, 0.05) is 10.9 Å². The molecule has 10 rings (SSSR count). The van der Waals surface area contributed by atoms with Crippen molar-refractivity contribution in [2.75, 3.05) is 0 Å². The lowest BCUT2D eigenvalue weighted by atomic mass is 9.85. The van der Waals surface area contributed by atoms with Crippen LogP contribution in [0.5, 0.6) is 0 Å². The highest BCUT2D eigenvalue weighted by molar-refractivity contribution is 6.23. The Kier molecular flexibility index (Phi) is 6.22. The highest BCUT2D eigenvalue weighted by Crippen LogP contribution is 2.45. The summed E-state index contributed by atoms with van der Waals surface area (Å²) in [7, 11) is 0. The summed E-state index contributed by atoms with van der Waals surface area (Å²) in [6, 6.07) is 62.9. The van der Waals surface area contributed by atoms with Crippen LogP contribution in [0.1, 0.15) is 0 Å². The third kappa shape index (κ3) is 4.46. The number of aromatic nitrogens is 1. The van der Waals surface area contributed by atoms with Crippen LogP contribution in [0.2, 0.25) is 0 Å². The average molecular weight is 624 g/mol. The van der Waals surface area contributed by atoms with Crippen molar-refractivity contribution in [1.29, 1.82) is 0 Å². The van der Waals surface area contributed by atoms with Crippen LogP contribution in [0.15, 0.2) is 180 Å². The zero-order valence-corrected chi connectivity index (χ0v) is 26.6. The molecule has 0 spiro atoms. The highest BCUT2D eigenvalue weighted by Gasteiger charge is 2.19. The third-order valence-electron chi connectivity index (χ3n) is 9.85. The van der Waals surface area contributed by atoms with Gasteiger partial charge >= 0.3 is 0 Å². The molecular weight excluding hydrogens is 595 g/mol. The lowest BCUT2D eigenvalue weighted by molar-refractivity contribution is 0.623. The number of benzene rings is 9. The molecule has 228 valence electrons. The maximum atomic E-state index is 6.56. The quantitative estimate of drug-likeness (QED) is 0.144. The third-order valence-corrected chi connectivity index (χ3v) is 9.85. The molecule has 0 saturated heterocycles. The molecule has 0 radical (unpaired) electrons. The SMILES string of the molecule is c1ccc(-c2cccc(-c3c4ccccc4c(-c4ccc5ccc6ccc7nc(-c8ccccc8)oc7c6c5c4)c4ccccc34)c2)cc1. The Balaban J connectivity index is 1.24. The fraction of sp³-hybridized carbons (Fsp3) is 0. The number of nitrogens with zero attached hydrogens (tertiary/aromatic N) is 1. The van der Waals surface area contributed by atoms with E-state index in [-0.39, 0.29) is 0 Å². The van der Waals surface area contributed by atoms with E-state index in [0.717, 1.165) is 32.8 Å². The zero-order valence-electron chi connectivity index (χ0n) is 26.6. The van der Waals surface area contributed by atoms with Gasteiger partial charge in [0.05, 0.1) is 0 Å². The van der Waals surface area contributed by atoms with E-state index < -0.39 is 0 Å². The Labute approximate surface area is 283 Å². The smallest absolute Gasteiger partial charge is 0.227 e. The lowest BCUT2D eigenvalue weighted by Gasteiger charge is -2.18. The molecule has 0 saturated carbocycles. The van der Waals surface area contributed by atoms with Gasteiger partial charge in [-0.2, -0.15) is 0 Å². The van der Waals surface area contributed by atoms with Crippen molar-refractivity contribution in [1.82, 2.24) is 4.98 Å². The lowest BCUT2D eigenvalue weighted by Crippen LogP contribution is -1.91. The Morgan fingerprint density at radius 3 is 1.53 bits per heavy atom. The van der Waals surface area contributed by atoms with Crippen LogP contribution in [-0.4, -0.2) is 4.98 Å². The number of oxazole rings is 1. The van der Waals surface area contributed by atoms with Crippen LogP contribution in [0, 0.1) is 0 Å². The Bertz CT molecular complexity index is 2810. The molecule has 2 heteroatoms. The molecule has 0 atom stereocenters. The van der Waals surface area contributed by atoms with E-state index in [9.17, 15) is 0 Å². The van der Waals surface area contributed by atoms with Gasteiger partial charge in [0.25, 0.3) is 0 Å². The predicted molar refractivity (Wildman–Crippen MR) is 206 cm³/mol. The standard InChI is InChI=1S/C47H29NO/c1-3-12-30(13-4-1)34-16-11-17-35(28-34)43-37-18-7-9-20-39(37)44(40-21-10-8-19-38(40)43)36-25-23-31-22-24-32-26-27-42-46(45(32)41(31)29-36)49-47(48-42)33-14-5-2-6-15-33/h1-29H. The molecule has 0 unspecified atom stereocenters. The van der Waals surface area contributed by atoms with Crippen LogP contribution < -0.4 is 0 Å². The summed E-state index contributed by atoms with van der Waals surface area (Å²) in [5, 5.41) is 9.50. The molecular formula is C47H29NO. The first-order valence-corrected chi connectivity index (χ1v) is 16.7. The highest BCUT2D eigenvalue weighted by atomic mass is 16.3. The molecule has 0 aliphatic heterocycles. The topological polar surface area (TPSA) is 26.0 Å². The molecule has 0 fully saturated rings. The van der Waals surface area contributed by atoms with Gasteiger partial charge in [0.15, 0.2) is 5.58 Å². The molecule has 49 heavy (non-hydrogen) atoms. The molecule has 0 amide bonds. The number of hydrogen-bond donors (Lipinski definition) is 0. The molecule has 0 aliphatic rings. The van der Waals surface area contributed by atoms with E-state index in [1.54, 1.807) is 0 Å². The van der Waals surface area contributed by atoms with E-state index in [0.29, 0.717) is 5.89 Å². The molecule has 10 aromatic rings. The molecule has 9 aromatic carbocycles. The van der Waals surface area contributed by atoms with E-state index in [1.165, 1.54) is 60.3 Å². The van der Waals surface area contributed by atoms with Crippen molar-refractivity contribution in [3.63, 3.8) is 0 Å². The van der Waals surface area contributed by atoms with E-state index >= 15 is 0 Å². The summed E-state index contributed by atoms with van der Waals surface area (Å²) in [6.45, 7) is 0. The zero-order chi connectivity index (χ0) is 32.3. The molecule has 1 aromatic heterocycles. The van der Waals surface area contributed by atoms with Crippen molar-refractivity contribution in [2.24, 2.45) is 0 Å². The second-order valence-electron chi connectivity index (χ2n) is 12.7. The van der Waals surface area contributed by atoms with E-state index in [4.69, 9.17) is 9.40 Å². The first-order valence-electron chi connectivity index (χ1n) is 16.7. The monoisotopic (exact) mass is 623 g/mol. The maximum absolute atomic E-state index is 6.56.